The highest BCUT2D eigenvalue weighted by Crippen LogP contribution is 2.22. The molecule has 0 radical (unpaired) electrons. The molecular weight excluding hydrogens is 305 g/mol. The Balaban J connectivity index is 1.65. The molecule has 1 aliphatic rings. The summed E-state index contributed by atoms with van der Waals surface area (Å²) in [7, 11) is 0. The van der Waals surface area contributed by atoms with E-state index >= 15 is 0 Å². The zero-order valence-corrected chi connectivity index (χ0v) is 13.4. The van der Waals surface area contributed by atoms with Gasteiger partial charge in [0.15, 0.2) is 5.12 Å². The van der Waals surface area contributed by atoms with E-state index in [2.05, 4.69) is 0 Å². The Hall–Kier alpha value is -1.56. The molecule has 1 aromatic rings. The monoisotopic (exact) mass is 325 g/mol. The van der Waals surface area contributed by atoms with E-state index in [-0.39, 0.29) is 22.8 Å². The number of benzene rings is 1. The SMILES string of the molecule is CC(=O)SCC1CC(=O)N(CCCOc2ccc(F)cc2)C1. The first-order valence-corrected chi connectivity index (χ1v) is 8.32. The molecule has 1 saturated heterocycles. The van der Waals surface area contributed by atoms with Crippen LogP contribution in [0.25, 0.3) is 0 Å². The second-order valence-corrected chi connectivity index (χ2v) is 6.57. The second-order valence-electron chi connectivity index (χ2n) is 5.37. The van der Waals surface area contributed by atoms with Crippen LogP contribution in [0.4, 0.5) is 4.39 Å². The summed E-state index contributed by atoms with van der Waals surface area (Å²) in [5, 5.41) is 0.0959. The van der Waals surface area contributed by atoms with Gasteiger partial charge in [-0.3, -0.25) is 9.59 Å². The van der Waals surface area contributed by atoms with Crippen LogP contribution < -0.4 is 4.74 Å². The Labute approximate surface area is 134 Å². The number of nitrogens with zero attached hydrogens (tertiary/aromatic N) is 1. The fraction of sp³-hybridized carbons (Fsp3) is 0.500. The summed E-state index contributed by atoms with van der Waals surface area (Å²) in [5.41, 5.74) is 0. The van der Waals surface area contributed by atoms with Gasteiger partial charge in [-0.15, -0.1) is 0 Å². The number of hydrogen-bond donors (Lipinski definition) is 0. The van der Waals surface area contributed by atoms with Gasteiger partial charge in [-0.25, -0.2) is 4.39 Å². The molecule has 0 saturated carbocycles. The molecule has 1 aliphatic heterocycles. The van der Waals surface area contributed by atoms with Crippen LogP contribution >= 0.6 is 11.8 Å². The van der Waals surface area contributed by atoms with Crippen LogP contribution in [-0.4, -0.2) is 41.4 Å². The molecule has 1 aromatic carbocycles. The van der Waals surface area contributed by atoms with Crippen LogP contribution in [0.15, 0.2) is 24.3 Å². The lowest BCUT2D eigenvalue weighted by Gasteiger charge is -2.16. The van der Waals surface area contributed by atoms with Gasteiger partial charge in [0.05, 0.1) is 6.61 Å². The minimum Gasteiger partial charge on any atom is -0.494 e. The van der Waals surface area contributed by atoms with Gasteiger partial charge in [-0.05, 0) is 36.6 Å². The topological polar surface area (TPSA) is 46.6 Å². The molecule has 22 heavy (non-hydrogen) atoms. The van der Waals surface area contributed by atoms with Gasteiger partial charge in [0, 0.05) is 32.2 Å². The Morgan fingerprint density at radius 3 is 2.82 bits per heavy atom. The summed E-state index contributed by atoms with van der Waals surface area (Å²) < 4.78 is 18.3. The smallest absolute Gasteiger partial charge is 0.222 e. The van der Waals surface area contributed by atoms with Gasteiger partial charge < -0.3 is 9.64 Å². The molecule has 6 heteroatoms. The molecule has 0 bridgehead atoms. The second kappa shape index (κ2) is 8.17. The number of amides is 1. The highest BCUT2D eigenvalue weighted by Gasteiger charge is 2.29. The van der Waals surface area contributed by atoms with Gasteiger partial charge in [0.2, 0.25) is 5.91 Å². The van der Waals surface area contributed by atoms with E-state index in [0.29, 0.717) is 31.1 Å². The van der Waals surface area contributed by atoms with Crippen LogP contribution in [0, 0.1) is 11.7 Å². The van der Waals surface area contributed by atoms with Crippen LogP contribution in [0.5, 0.6) is 5.75 Å². The Bertz CT molecular complexity index is 521. The van der Waals surface area contributed by atoms with Crippen molar-refractivity contribution in [2.75, 3.05) is 25.4 Å². The lowest BCUT2D eigenvalue weighted by Crippen LogP contribution is -2.27. The largest absolute Gasteiger partial charge is 0.494 e. The number of rotatable bonds is 7. The summed E-state index contributed by atoms with van der Waals surface area (Å²) in [5.74, 6) is 1.47. The summed E-state index contributed by atoms with van der Waals surface area (Å²) in [4.78, 5) is 24.7. The van der Waals surface area contributed by atoms with Gasteiger partial charge in [0.25, 0.3) is 0 Å². The zero-order chi connectivity index (χ0) is 15.9. The van der Waals surface area contributed by atoms with Crippen molar-refractivity contribution in [1.29, 1.82) is 0 Å². The summed E-state index contributed by atoms with van der Waals surface area (Å²) in [6, 6.07) is 5.89. The number of carbonyl (C=O) groups excluding carboxylic acids is 2. The van der Waals surface area contributed by atoms with Crippen molar-refractivity contribution in [3.05, 3.63) is 30.1 Å². The van der Waals surface area contributed by atoms with Crippen molar-refractivity contribution in [3.63, 3.8) is 0 Å². The van der Waals surface area contributed by atoms with Crippen LogP contribution in [-0.2, 0) is 9.59 Å². The zero-order valence-electron chi connectivity index (χ0n) is 12.6. The lowest BCUT2D eigenvalue weighted by molar-refractivity contribution is -0.127. The fourth-order valence-electron chi connectivity index (χ4n) is 2.39. The van der Waals surface area contributed by atoms with Crippen LogP contribution in [0.1, 0.15) is 19.8 Å². The number of thioether (sulfide) groups is 1. The first-order valence-electron chi connectivity index (χ1n) is 7.34. The Kier molecular flexibility index (Phi) is 6.24. The predicted octanol–water partition coefficient (Wildman–Crippen LogP) is 2.72. The quantitative estimate of drug-likeness (QED) is 0.723. The normalized spacial score (nSPS) is 17.8. The molecule has 2 rings (SSSR count). The molecule has 1 atom stereocenters. The predicted molar refractivity (Wildman–Crippen MR) is 84.3 cm³/mol. The first-order chi connectivity index (χ1) is 10.5. The number of ether oxygens (including phenoxy) is 1. The number of hydrogen-bond acceptors (Lipinski definition) is 4. The minimum atomic E-state index is -0.288. The standard InChI is InChI=1S/C16H20FNO3S/c1-12(19)22-11-13-9-16(20)18(10-13)7-2-8-21-15-5-3-14(17)4-6-15/h3-6,13H,2,7-11H2,1H3. The van der Waals surface area contributed by atoms with Crippen LogP contribution in [0.2, 0.25) is 0 Å². The third-order valence-corrected chi connectivity index (χ3v) is 4.52. The summed E-state index contributed by atoms with van der Waals surface area (Å²) in [6.45, 7) is 3.41. The maximum atomic E-state index is 12.7. The molecule has 120 valence electrons. The van der Waals surface area contributed by atoms with Crippen molar-refractivity contribution in [1.82, 2.24) is 4.90 Å². The maximum absolute atomic E-state index is 12.7. The minimum absolute atomic E-state index is 0.0959. The Morgan fingerprint density at radius 2 is 2.14 bits per heavy atom. The summed E-state index contributed by atoms with van der Waals surface area (Å²) in [6.07, 6.45) is 1.26. The van der Waals surface area contributed by atoms with Crippen molar-refractivity contribution in [2.45, 2.75) is 19.8 Å². The molecule has 0 spiro atoms. The van der Waals surface area contributed by atoms with E-state index in [9.17, 15) is 14.0 Å². The molecule has 1 unspecified atom stereocenters. The molecular formula is C16H20FNO3S. The van der Waals surface area contributed by atoms with E-state index in [0.717, 1.165) is 13.0 Å². The summed E-state index contributed by atoms with van der Waals surface area (Å²) >= 11 is 1.29. The van der Waals surface area contributed by atoms with Crippen LogP contribution in [0.3, 0.4) is 0 Å². The first kappa shape index (κ1) is 16.8. The van der Waals surface area contributed by atoms with E-state index in [1.54, 1.807) is 19.1 Å². The molecule has 4 nitrogen and oxygen atoms in total. The molecule has 0 N–H and O–H groups in total. The number of likely N-dealkylation sites (tertiary alicyclic amines) is 1. The van der Waals surface area contributed by atoms with E-state index in [1.807, 2.05) is 4.90 Å². The van der Waals surface area contributed by atoms with Crippen molar-refractivity contribution in [2.24, 2.45) is 5.92 Å². The van der Waals surface area contributed by atoms with Crippen molar-refractivity contribution in [3.8, 4) is 5.75 Å². The average molecular weight is 325 g/mol. The number of carbonyl (C=O) groups is 2. The van der Waals surface area contributed by atoms with Crippen molar-refractivity contribution < 1.29 is 18.7 Å². The molecule has 1 amide bonds. The fourth-order valence-corrected chi connectivity index (χ4v) is 3.09. The molecule has 0 aromatic heterocycles. The van der Waals surface area contributed by atoms with E-state index in [4.69, 9.17) is 4.74 Å². The molecule has 1 fully saturated rings. The highest BCUT2D eigenvalue weighted by molar-refractivity contribution is 8.13. The van der Waals surface area contributed by atoms with Gasteiger partial charge in [-0.2, -0.15) is 0 Å². The average Bonchev–Trinajstić information content (AvgIpc) is 2.84. The van der Waals surface area contributed by atoms with E-state index in [1.165, 1.54) is 23.9 Å². The molecule has 1 heterocycles. The number of halogens is 1. The maximum Gasteiger partial charge on any atom is 0.222 e. The molecule has 0 aliphatic carbocycles. The lowest BCUT2D eigenvalue weighted by atomic mass is 10.1. The van der Waals surface area contributed by atoms with Gasteiger partial charge >= 0.3 is 0 Å². The van der Waals surface area contributed by atoms with E-state index < -0.39 is 0 Å². The third-order valence-electron chi connectivity index (χ3n) is 3.47. The highest BCUT2D eigenvalue weighted by atomic mass is 32.2. The van der Waals surface area contributed by atoms with Crippen molar-refractivity contribution >= 4 is 22.8 Å². The third kappa shape index (κ3) is 5.33. The van der Waals surface area contributed by atoms with Gasteiger partial charge in [0.1, 0.15) is 11.6 Å². The Morgan fingerprint density at radius 1 is 1.41 bits per heavy atom. The van der Waals surface area contributed by atoms with Gasteiger partial charge in [-0.1, -0.05) is 11.8 Å².